The summed E-state index contributed by atoms with van der Waals surface area (Å²) in [4.78, 5) is 13.1. The van der Waals surface area contributed by atoms with E-state index in [1.54, 1.807) is 0 Å². The van der Waals surface area contributed by atoms with Gasteiger partial charge in [0.2, 0.25) is 0 Å². The molecule has 0 aliphatic heterocycles. The topological polar surface area (TPSA) is 72.7 Å². The van der Waals surface area contributed by atoms with Crippen LogP contribution in [0.15, 0.2) is 24.3 Å². The summed E-state index contributed by atoms with van der Waals surface area (Å²) in [5.41, 5.74) is 0.210. The first-order valence-corrected chi connectivity index (χ1v) is 5.54. The van der Waals surface area contributed by atoms with Crippen molar-refractivity contribution < 1.29 is 9.18 Å². The van der Waals surface area contributed by atoms with Crippen LogP contribution in [0.5, 0.6) is 0 Å². The Labute approximate surface area is 103 Å². The third-order valence-electron chi connectivity index (χ3n) is 2.19. The summed E-state index contributed by atoms with van der Waals surface area (Å²) in [5.74, 6) is -0.825. The molecular formula is C11H12FN5O. The molecule has 2 rings (SSSR count). The van der Waals surface area contributed by atoms with E-state index in [4.69, 9.17) is 0 Å². The van der Waals surface area contributed by atoms with Crippen LogP contribution in [-0.4, -0.2) is 26.1 Å². The number of anilines is 1. The molecule has 0 spiro atoms. The summed E-state index contributed by atoms with van der Waals surface area (Å²) in [6.45, 7) is 2.61. The summed E-state index contributed by atoms with van der Waals surface area (Å²) in [6.07, 6.45) is 0.869. The molecule has 18 heavy (non-hydrogen) atoms. The molecule has 94 valence electrons. The number of tetrazole rings is 1. The van der Waals surface area contributed by atoms with Crippen molar-refractivity contribution in [1.82, 2.24) is 20.2 Å². The first kappa shape index (κ1) is 12.2. The number of nitrogens with zero attached hydrogens (tertiary/aromatic N) is 4. The molecule has 1 aromatic carbocycles. The number of aromatic nitrogens is 4. The Morgan fingerprint density at radius 3 is 3.06 bits per heavy atom. The molecule has 1 aromatic heterocycles. The van der Waals surface area contributed by atoms with E-state index < -0.39 is 11.7 Å². The minimum atomic E-state index is -0.467. The van der Waals surface area contributed by atoms with Crippen molar-refractivity contribution in [2.24, 2.45) is 0 Å². The highest BCUT2D eigenvalue weighted by molar-refractivity contribution is 6.03. The monoisotopic (exact) mass is 249 g/mol. The van der Waals surface area contributed by atoms with E-state index in [-0.39, 0.29) is 11.5 Å². The predicted octanol–water partition coefficient (Wildman–Crippen LogP) is 1.47. The first-order chi connectivity index (χ1) is 8.69. The van der Waals surface area contributed by atoms with Crippen molar-refractivity contribution in [1.29, 1.82) is 0 Å². The Morgan fingerprint density at radius 2 is 2.33 bits per heavy atom. The van der Waals surface area contributed by atoms with Gasteiger partial charge in [-0.1, -0.05) is 18.1 Å². The largest absolute Gasteiger partial charge is 0.288 e. The van der Waals surface area contributed by atoms with Crippen LogP contribution in [0.25, 0.3) is 0 Å². The van der Waals surface area contributed by atoms with Crippen molar-refractivity contribution >= 4 is 11.9 Å². The van der Waals surface area contributed by atoms with Crippen LogP contribution in [0.1, 0.15) is 23.7 Å². The van der Waals surface area contributed by atoms with Gasteiger partial charge in [-0.15, -0.1) is 5.10 Å². The van der Waals surface area contributed by atoms with Gasteiger partial charge < -0.3 is 0 Å². The quantitative estimate of drug-likeness (QED) is 0.890. The van der Waals surface area contributed by atoms with Gasteiger partial charge in [-0.2, -0.15) is 4.80 Å². The van der Waals surface area contributed by atoms with Gasteiger partial charge in [-0.25, -0.2) is 4.39 Å². The molecule has 0 atom stereocenters. The van der Waals surface area contributed by atoms with Gasteiger partial charge in [0.25, 0.3) is 11.9 Å². The molecule has 1 heterocycles. The fourth-order valence-corrected chi connectivity index (χ4v) is 1.39. The molecule has 0 saturated heterocycles. The van der Waals surface area contributed by atoms with Crippen LogP contribution in [0.2, 0.25) is 0 Å². The molecule has 7 heteroatoms. The molecule has 0 unspecified atom stereocenters. The van der Waals surface area contributed by atoms with Crippen molar-refractivity contribution in [3.05, 3.63) is 35.6 Å². The maximum atomic E-state index is 12.9. The molecule has 0 aliphatic carbocycles. The number of amides is 1. The molecule has 0 radical (unpaired) electrons. The van der Waals surface area contributed by atoms with Crippen LogP contribution in [0.3, 0.4) is 0 Å². The van der Waals surface area contributed by atoms with Crippen LogP contribution in [0.4, 0.5) is 10.3 Å². The van der Waals surface area contributed by atoms with E-state index >= 15 is 0 Å². The Hall–Kier alpha value is -2.31. The van der Waals surface area contributed by atoms with E-state index in [2.05, 4.69) is 20.7 Å². The van der Waals surface area contributed by atoms with Gasteiger partial charge in [0.1, 0.15) is 5.82 Å². The molecule has 1 amide bonds. The molecular weight excluding hydrogens is 237 g/mol. The minimum absolute atomic E-state index is 0.109. The summed E-state index contributed by atoms with van der Waals surface area (Å²) in [6, 6.07) is 5.39. The second-order valence-corrected chi connectivity index (χ2v) is 3.67. The zero-order valence-corrected chi connectivity index (χ0v) is 9.80. The number of rotatable bonds is 4. The van der Waals surface area contributed by atoms with Crippen molar-refractivity contribution in [3.63, 3.8) is 0 Å². The number of hydrogen-bond donors (Lipinski definition) is 1. The lowest BCUT2D eigenvalue weighted by Crippen LogP contribution is -2.13. The van der Waals surface area contributed by atoms with Crippen molar-refractivity contribution in [2.75, 3.05) is 5.32 Å². The number of benzene rings is 1. The predicted molar refractivity (Wildman–Crippen MR) is 62.5 cm³/mol. The third kappa shape index (κ3) is 2.88. The molecule has 1 N–H and O–H groups in total. The number of hydrogen-bond acceptors (Lipinski definition) is 4. The van der Waals surface area contributed by atoms with Gasteiger partial charge in [0.15, 0.2) is 0 Å². The van der Waals surface area contributed by atoms with E-state index in [1.807, 2.05) is 6.92 Å². The standard InChI is InChI=1S/C11H12FN5O/c1-2-6-17-15-11(14-16-17)13-10(18)8-4-3-5-9(12)7-8/h3-5,7H,2,6H2,1H3,(H,13,15,18). The number of nitrogens with one attached hydrogen (secondary N) is 1. The highest BCUT2D eigenvalue weighted by atomic mass is 19.1. The summed E-state index contributed by atoms with van der Waals surface area (Å²) < 4.78 is 12.9. The van der Waals surface area contributed by atoms with E-state index in [0.29, 0.717) is 6.54 Å². The Balaban J connectivity index is 2.06. The lowest BCUT2D eigenvalue weighted by atomic mass is 10.2. The van der Waals surface area contributed by atoms with Gasteiger partial charge in [-0.3, -0.25) is 10.1 Å². The molecule has 0 bridgehead atoms. The SMILES string of the molecule is CCCn1nnc(NC(=O)c2cccc(F)c2)n1. The zero-order valence-electron chi connectivity index (χ0n) is 9.80. The van der Waals surface area contributed by atoms with Crippen molar-refractivity contribution in [3.8, 4) is 0 Å². The highest BCUT2D eigenvalue weighted by Gasteiger charge is 2.10. The number of carbonyl (C=O) groups excluding carboxylic acids is 1. The smallest absolute Gasteiger partial charge is 0.270 e. The van der Waals surface area contributed by atoms with Gasteiger partial charge in [0.05, 0.1) is 6.54 Å². The van der Waals surface area contributed by atoms with Gasteiger partial charge in [0, 0.05) is 5.56 Å². The highest BCUT2D eigenvalue weighted by Crippen LogP contribution is 2.05. The second kappa shape index (κ2) is 5.35. The zero-order chi connectivity index (χ0) is 13.0. The molecule has 2 aromatic rings. The number of aryl methyl sites for hydroxylation is 1. The summed E-state index contributed by atoms with van der Waals surface area (Å²) in [7, 11) is 0. The molecule has 0 saturated carbocycles. The van der Waals surface area contributed by atoms with E-state index in [1.165, 1.54) is 23.0 Å². The van der Waals surface area contributed by atoms with Crippen LogP contribution >= 0.6 is 0 Å². The molecule has 6 nitrogen and oxygen atoms in total. The van der Waals surface area contributed by atoms with Gasteiger partial charge >= 0.3 is 0 Å². The average Bonchev–Trinajstić information content (AvgIpc) is 2.77. The lowest BCUT2D eigenvalue weighted by molar-refractivity contribution is 0.102. The first-order valence-electron chi connectivity index (χ1n) is 5.54. The Morgan fingerprint density at radius 1 is 1.50 bits per heavy atom. The van der Waals surface area contributed by atoms with E-state index in [0.717, 1.165) is 12.5 Å². The maximum absolute atomic E-state index is 12.9. The minimum Gasteiger partial charge on any atom is -0.288 e. The van der Waals surface area contributed by atoms with Crippen LogP contribution in [-0.2, 0) is 6.54 Å². The van der Waals surface area contributed by atoms with E-state index in [9.17, 15) is 9.18 Å². The maximum Gasteiger partial charge on any atom is 0.270 e. The fourth-order valence-electron chi connectivity index (χ4n) is 1.39. The normalized spacial score (nSPS) is 10.3. The van der Waals surface area contributed by atoms with Gasteiger partial charge in [-0.05, 0) is 29.8 Å². The summed E-state index contributed by atoms with van der Waals surface area (Å²) >= 11 is 0. The van der Waals surface area contributed by atoms with Crippen LogP contribution < -0.4 is 5.32 Å². The molecule has 0 aliphatic rings. The molecule has 0 fully saturated rings. The van der Waals surface area contributed by atoms with Crippen molar-refractivity contribution in [2.45, 2.75) is 19.9 Å². The number of carbonyl (C=O) groups is 1. The average molecular weight is 249 g/mol. The van der Waals surface area contributed by atoms with Crippen LogP contribution in [0, 0.1) is 5.82 Å². The fraction of sp³-hybridized carbons (Fsp3) is 0.273. The summed E-state index contributed by atoms with van der Waals surface area (Å²) in [5, 5.41) is 13.8. The lowest BCUT2D eigenvalue weighted by Gasteiger charge is -2.00. The second-order valence-electron chi connectivity index (χ2n) is 3.67. The third-order valence-corrected chi connectivity index (χ3v) is 2.19. The Kier molecular flexibility index (Phi) is 3.61. The Bertz CT molecular complexity index is 554. The number of halogens is 1.